The van der Waals surface area contributed by atoms with E-state index in [4.69, 9.17) is 0 Å². The summed E-state index contributed by atoms with van der Waals surface area (Å²) in [4.78, 5) is 12.9. The maximum atomic E-state index is 11.4. The lowest BCUT2D eigenvalue weighted by atomic mass is 10.3. The Morgan fingerprint density at radius 1 is 1.39 bits per heavy atom. The molecule has 18 heavy (non-hydrogen) atoms. The molecule has 1 amide bonds. The van der Waals surface area contributed by atoms with Crippen LogP contribution >= 0.6 is 0 Å². The van der Waals surface area contributed by atoms with Crippen LogP contribution in [0.25, 0.3) is 5.69 Å². The van der Waals surface area contributed by atoms with Crippen LogP contribution in [0.1, 0.15) is 5.69 Å². The minimum atomic E-state index is -0.107. The minimum absolute atomic E-state index is 0.107. The normalized spacial score (nSPS) is 10.1. The molecule has 0 saturated carbocycles. The first-order valence-corrected chi connectivity index (χ1v) is 5.68. The van der Waals surface area contributed by atoms with Crippen molar-refractivity contribution >= 4 is 5.91 Å². The first-order chi connectivity index (χ1) is 8.70. The van der Waals surface area contributed by atoms with Crippen molar-refractivity contribution in [3.8, 4) is 5.69 Å². The predicted octanol–water partition coefficient (Wildman–Crippen LogP) is 2.02. The Balaban J connectivity index is 2.12. The van der Waals surface area contributed by atoms with Crippen molar-refractivity contribution in [1.29, 1.82) is 0 Å². The van der Waals surface area contributed by atoms with Gasteiger partial charge in [-0.3, -0.25) is 4.79 Å². The van der Waals surface area contributed by atoms with Gasteiger partial charge < -0.3 is 4.90 Å². The van der Waals surface area contributed by atoms with Gasteiger partial charge in [-0.05, 0) is 24.3 Å². The number of nitrogens with zero attached hydrogens (tertiary/aromatic N) is 3. The van der Waals surface area contributed by atoms with Crippen molar-refractivity contribution in [2.75, 3.05) is 7.05 Å². The predicted molar refractivity (Wildman–Crippen MR) is 70.2 cm³/mol. The van der Waals surface area contributed by atoms with Gasteiger partial charge in [0, 0.05) is 13.2 Å². The van der Waals surface area contributed by atoms with E-state index >= 15 is 0 Å². The van der Waals surface area contributed by atoms with E-state index in [1.165, 1.54) is 6.08 Å². The third-order valence-electron chi connectivity index (χ3n) is 2.62. The van der Waals surface area contributed by atoms with Crippen molar-refractivity contribution < 1.29 is 4.79 Å². The molecule has 4 nitrogen and oxygen atoms in total. The zero-order valence-electron chi connectivity index (χ0n) is 10.3. The molecule has 0 aliphatic carbocycles. The lowest BCUT2D eigenvalue weighted by molar-refractivity contribution is -0.125. The van der Waals surface area contributed by atoms with E-state index < -0.39 is 0 Å². The van der Waals surface area contributed by atoms with Gasteiger partial charge in [-0.2, -0.15) is 5.10 Å². The number of amides is 1. The first kappa shape index (κ1) is 12.1. The molecule has 0 fully saturated rings. The molecule has 1 aromatic heterocycles. The largest absolute Gasteiger partial charge is 0.336 e. The molecular weight excluding hydrogens is 226 g/mol. The number of aromatic nitrogens is 2. The molecule has 1 aromatic carbocycles. The summed E-state index contributed by atoms with van der Waals surface area (Å²) in [6, 6.07) is 11.8. The van der Waals surface area contributed by atoms with Crippen LogP contribution in [0.4, 0.5) is 0 Å². The fourth-order valence-electron chi connectivity index (χ4n) is 1.65. The Morgan fingerprint density at radius 2 is 2.11 bits per heavy atom. The monoisotopic (exact) mass is 241 g/mol. The molecule has 0 aliphatic heterocycles. The molecule has 0 aliphatic rings. The molecule has 2 aromatic rings. The Bertz CT molecular complexity index is 545. The van der Waals surface area contributed by atoms with E-state index in [-0.39, 0.29) is 5.91 Å². The Kier molecular flexibility index (Phi) is 3.57. The molecule has 4 heteroatoms. The number of hydrogen-bond acceptors (Lipinski definition) is 2. The maximum absolute atomic E-state index is 11.4. The average molecular weight is 241 g/mol. The van der Waals surface area contributed by atoms with Gasteiger partial charge in [0.05, 0.1) is 17.9 Å². The van der Waals surface area contributed by atoms with Crippen molar-refractivity contribution in [3.05, 3.63) is 60.9 Å². The number of carbonyl (C=O) groups is 1. The molecule has 0 bridgehead atoms. The smallest absolute Gasteiger partial charge is 0.246 e. The summed E-state index contributed by atoms with van der Waals surface area (Å²) in [7, 11) is 1.73. The van der Waals surface area contributed by atoms with Crippen molar-refractivity contribution in [2.24, 2.45) is 0 Å². The SMILES string of the molecule is C=CC(=O)N(C)Cc1ccn(-c2ccccc2)n1. The quantitative estimate of drug-likeness (QED) is 0.768. The van der Waals surface area contributed by atoms with Gasteiger partial charge in [-0.15, -0.1) is 0 Å². The molecule has 0 unspecified atom stereocenters. The van der Waals surface area contributed by atoms with Gasteiger partial charge in [0.2, 0.25) is 5.91 Å². The minimum Gasteiger partial charge on any atom is -0.336 e. The Labute approximate surface area is 106 Å². The standard InChI is InChI=1S/C14H15N3O/c1-3-14(18)16(2)11-12-9-10-17(15-12)13-7-5-4-6-8-13/h3-10H,1,11H2,2H3. The third kappa shape index (κ3) is 2.66. The lowest BCUT2D eigenvalue weighted by Crippen LogP contribution is -2.24. The van der Waals surface area contributed by atoms with Gasteiger partial charge in [0.15, 0.2) is 0 Å². The Hall–Kier alpha value is -2.36. The lowest BCUT2D eigenvalue weighted by Gasteiger charge is -2.12. The summed E-state index contributed by atoms with van der Waals surface area (Å²) in [6.45, 7) is 3.94. The second kappa shape index (κ2) is 5.31. The fourth-order valence-corrected chi connectivity index (χ4v) is 1.65. The molecule has 0 atom stereocenters. The molecule has 0 spiro atoms. The van der Waals surface area contributed by atoms with Gasteiger partial charge in [-0.1, -0.05) is 24.8 Å². The summed E-state index contributed by atoms with van der Waals surface area (Å²) in [5.74, 6) is -0.107. The summed E-state index contributed by atoms with van der Waals surface area (Å²) in [6.07, 6.45) is 3.19. The van der Waals surface area contributed by atoms with E-state index in [9.17, 15) is 4.79 Å². The maximum Gasteiger partial charge on any atom is 0.246 e. The van der Waals surface area contributed by atoms with Crippen LogP contribution in [0.3, 0.4) is 0 Å². The molecular formula is C14H15N3O. The fraction of sp³-hybridized carbons (Fsp3) is 0.143. The van der Waals surface area contributed by atoms with Crippen LogP contribution in [0.5, 0.6) is 0 Å². The summed E-state index contributed by atoms with van der Waals surface area (Å²) < 4.78 is 1.79. The van der Waals surface area contributed by atoms with Crippen LogP contribution in [-0.2, 0) is 11.3 Å². The number of para-hydroxylation sites is 1. The van der Waals surface area contributed by atoms with E-state index in [2.05, 4.69) is 11.7 Å². The highest BCUT2D eigenvalue weighted by Gasteiger charge is 2.07. The van der Waals surface area contributed by atoms with Crippen LogP contribution in [0.15, 0.2) is 55.3 Å². The first-order valence-electron chi connectivity index (χ1n) is 5.68. The Morgan fingerprint density at radius 3 is 2.78 bits per heavy atom. The van der Waals surface area contributed by atoms with Crippen molar-refractivity contribution in [3.63, 3.8) is 0 Å². The van der Waals surface area contributed by atoms with Crippen LogP contribution in [0, 0.1) is 0 Å². The van der Waals surface area contributed by atoms with E-state index in [1.807, 2.05) is 42.6 Å². The molecule has 0 radical (unpaired) electrons. The van der Waals surface area contributed by atoms with Gasteiger partial charge in [0.25, 0.3) is 0 Å². The average Bonchev–Trinajstić information content (AvgIpc) is 2.87. The molecule has 1 heterocycles. The van der Waals surface area contributed by atoms with E-state index in [1.54, 1.807) is 16.6 Å². The van der Waals surface area contributed by atoms with Crippen LogP contribution < -0.4 is 0 Å². The highest BCUT2D eigenvalue weighted by molar-refractivity contribution is 5.86. The van der Waals surface area contributed by atoms with Crippen LogP contribution in [-0.4, -0.2) is 27.6 Å². The number of carbonyl (C=O) groups excluding carboxylic acids is 1. The molecule has 0 saturated heterocycles. The van der Waals surface area contributed by atoms with Gasteiger partial charge in [-0.25, -0.2) is 4.68 Å². The zero-order chi connectivity index (χ0) is 13.0. The van der Waals surface area contributed by atoms with E-state index in [0.717, 1.165) is 11.4 Å². The molecule has 2 rings (SSSR count). The molecule has 0 N–H and O–H groups in total. The van der Waals surface area contributed by atoms with Crippen LogP contribution in [0.2, 0.25) is 0 Å². The van der Waals surface area contributed by atoms with Crippen molar-refractivity contribution in [1.82, 2.24) is 14.7 Å². The van der Waals surface area contributed by atoms with E-state index in [0.29, 0.717) is 6.54 Å². The number of hydrogen-bond donors (Lipinski definition) is 0. The highest BCUT2D eigenvalue weighted by Crippen LogP contribution is 2.08. The number of rotatable bonds is 4. The van der Waals surface area contributed by atoms with Gasteiger partial charge in [0.1, 0.15) is 0 Å². The summed E-state index contributed by atoms with van der Waals surface area (Å²) in [5.41, 5.74) is 1.85. The van der Waals surface area contributed by atoms with Gasteiger partial charge >= 0.3 is 0 Å². The summed E-state index contributed by atoms with van der Waals surface area (Å²) >= 11 is 0. The zero-order valence-corrected chi connectivity index (χ0v) is 10.3. The summed E-state index contributed by atoms with van der Waals surface area (Å²) in [5, 5.41) is 4.43. The second-order valence-corrected chi connectivity index (χ2v) is 3.99. The van der Waals surface area contributed by atoms with Crippen molar-refractivity contribution in [2.45, 2.75) is 6.54 Å². The molecule has 92 valence electrons. The number of likely N-dealkylation sites (N-methyl/N-ethyl adjacent to an activating group) is 1. The highest BCUT2D eigenvalue weighted by atomic mass is 16.2. The number of benzene rings is 1. The third-order valence-corrected chi connectivity index (χ3v) is 2.62. The topological polar surface area (TPSA) is 38.1 Å². The second-order valence-electron chi connectivity index (χ2n) is 3.99.